The first-order valence-corrected chi connectivity index (χ1v) is 27.4. The van der Waals surface area contributed by atoms with E-state index in [0.29, 0.717) is 11.4 Å². The maximum absolute atomic E-state index is 15.2. The number of alkyl halides is 6. The number of benzene rings is 6. The third kappa shape index (κ3) is 10.3. The Labute approximate surface area is 455 Å². The van der Waals surface area contributed by atoms with Crippen LogP contribution in [0, 0.1) is 12.4 Å². The smallest absolute Gasteiger partial charge is 0.343 e. The van der Waals surface area contributed by atoms with Gasteiger partial charge in [-0.05, 0) is 60.4 Å². The van der Waals surface area contributed by atoms with Crippen molar-refractivity contribution in [3.63, 3.8) is 0 Å². The summed E-state index contributed by atoms with van der Waals surface area (Å²) in [5.41, 5.74) is 1.99. The first-order valence-electron chi connectivity index (χ1n) is 24.0. The third-order valence-electron chi connectivity index (χ3n) is 13.7. The molecule has 0 fully saturated rings. The van der Waals surface area contributed by atoms with E-state index in [9.17, 15) is 26.3 Å². The van der Waals surface area contributed by atoms with E-state index in [1.807, 2.05) is 133 Å². The van der Waals surface area contributed by atoms with Gasteiger partial charge in [-0.1, -0.05) is 196 Å². The molecule has 0 radical (unpaired) electrons. The number of hydrogen-bond acceptors (Lipinski definition) is 6. The Bertz CT molecular complexity index is 3500. The zero-order chi connectivity index (χ0) is 53.7. The molecule has 77 heavy (non-hydrogen) atoms. The molecule has 6 aromatic carbocycles. The van der Waals surface area contributed by atoms with Gasteiger partial charge in [0.15, 0.2) is 14.3 Å². The molecule has 8 nitrogen and oxygen atoms in total. The van der Waals surface area contributed by atoms with Gasteiger partial charge in [0.2, 0.25) is 0 Å². The van der Waals surface area contributed by atoms with Crippen LogP contribution in [-0.2, 0) is 53.4 Å². The van der Waals surface area contributed by atoms with Gasteiger partial charge in [-0.15, -0.1) is 12.1 Å². The van der Waals surface area contributed by atoms with Crippen molar-refractivity contribution in [1.82, 2.24) is 29.5 Å². The molecule has 0 saturated carbocycles. The molecule has 0 bridgehead atoms. The summed E-state index contributed by atoms with van der Waals surface area (Å²) in [5, 5.41) is 11.9. The number of halogens is 6. The van der Waals surface area contributed by atoms with Gasteiger partial charge in [0.1, 0.15) is 0 Å². The van der Waals surface area contributed by atoms with Crippen molar-refractivity contribution in [3.8, 4) is 22.8 Å². The van der Waals surface area contributed by atoms with Crippen LogP contribution in [0.4, 0.5) is 26.3 Å². The molecule has 0 aliphatic heterocycles. The molecule has 390 valence electrons. The Morgan fingerprint density at radius 1 is 0.429 bits per heavy atom. The monoisotopic (exact) mass is 1250 g/mol. The zero-order valence-corrected chi connectivity index (χ0v) is 45.7. The van der Waals surface area contributed by atoms with Crippen molar-refractivity contribution in [3.05, 3.63) is 253 Å². The number of hydrogen-bond donors (Lipinski definition) is 0. The normalized spacial score (nSPS) is 13.2. The second kappa shape index (κ2) is 21.0. The maximum Gasteiger partial charge on any atom is 2.00 e. The predicted molar refractivity (Wildman–Crippen MR) is 285 cm³/mol. The van der Waals surface area contributed by atoms with E-state index in [-0.39, 0.29) is 38.1 Å². The first kappa shape index (κ1) is 54.6. The largest absolute Gasteiger partial charge is 2.00 e. The Balaban J connectivity index is 0.000000192. The van der Waals surface area contributed by atoms with Crippen LogP contribution < -0.4 is 31.8 Å². The summed E-state index contributed by atoms with van der Waals surface area (Å²) in [4.78, 5) is 8.82. The summed E-state index contributed by atoms with van der Waals surface area (Å²) in [6, 6.07) is 62.8. The summed E-state index contributed by atoms with van der Waals surface area (Å²) < 4.78 is 109. The van der Waals surface area contributed by atoms with Gasteiger partial charge in [-0.25, -0.2) is 0 Å². The van der Waals surface area contributed by atoms with E-state index in [1.165, 1.54) is 12.1 Å². The van der Waals surface area contributed by atoms with E-state index >= 15 is 9.13 Å². The minimum absolute atomic E-state index is 0. The standard InChI is InChI=1S/C39H32O2P2.C21H14F6N6.Pt/c1-39(2)37-27-33(42(40,29-15-7-3-8-16-29)30-17-9-4-10-18-30)23-25-35(37)36-26-24-34(28-38(36)39)43(41,31-19-11-5-12-20-31)32-21-13-6-14-22-32;1-19(2,13-5-3-7-17(28-13)32-11-9-15(30-32)20(22,23)24)14-6-4-8-18(29-14)33-12-10-16(31-33)21(25,26)27;/h3-28H,1-2H3;3-10H,1-2H3;/q;-2;+2. The van der Waals surface area contributed by atoms with Gasteiger partial charge in [0.05, 0.1) is 23.0 Å². The Morgan fingerprint density at radius 2 is 0.753 bits per heavy atom. The average Bonchev–Trinajstić information content (AvgIpc) is 4.36. The predicted octanol–water partition coefficient (Wildman–Crippen LogP) is 12.1. The number of pyridine rings is 2. The van der Waals surface area contributed by atoms with Gasteiger partial charge >= 0.3 is 33.4 Å². The fourth-order valence-electron chi connectivity index (χ4n) is 9.55. The van der Waals surface area contributed by atoms with Crippen molar-refractivity contribution >= 4 is 46.1 Å². The van der Waals surface area contributed by atoms with E-state index in [0.717, 1.165) is 75.6 Å². The van der Waals surface area contributed by atoms with E-state index in [2.05, 4.69) is 70.7 Å². The first-order chi connectivity index (χ1) is 36.2. The van der Waals surface area contributed by atoms with Gasteiger partial charge in [-0.3, -0.25) is 20.2 Å². The quantitative estimate of drug-likeness (QED) is 0.0769. The molecule has 10 aromatic rings. The van der Waals surface area contributed by atoms with Crippen molar-refractivity contribution in [2.75, 3.05) is 0 Å². The van der Waals surface area contributed by atoms with Crippen molar-refractivity contribution < 1.29 is 56.5 Å². The fraction of sp³-hybridized carbons (Fsp3) is 0.133. The molecule has 0 amide bonds. The molecular weight excluding hydrogens is 1210 g/mol. The Hall–Kier alpha value is -7.23. The van der Waals surface area contributed by atoms with Crippen LogP contribution in [0.25, 0.3) is 22.8 Å². The Kier molecular flexibility index (Phi) is 14.8. The van der Waals surface area contributed by atoms with Gasteiger partial charge < -0.3 is 18.5 Å². The molecule has 0 atom stereocenters. The van der Waals surface area contributed by atoms with Crippen LogP contribution >= 0.6 is 14.3 Å². The molecule has 1 aliphatic carbocycles. The summed E-state index contributed by atoms with van der Waals surface area (Å²) in [7, 11) is -6.24. The number of nitrogens with zero attached hydrogens (tertiary/aromatic N) is 6. The summed E-state index contributed by atoms with van der Waals surface area (Å²) in [5.74, 6) is 0.227. The number of rotatable bonds is 10. The fourth-order valence-corrected chi connectivity index (χ4v) is 14.9. The molecule has 0 unspecified atom stereocenters. The molecule has 17 heteroatoms. The van der Waals surface area contributed by atoms with Gasteiger partial charge in [0.25, 0.3) is 0 Å². The molecule has 1 aliphatic rings. The molecule has 11 rings (SSSR count). The molecule has 0 saturated heterocycles. The topological polar surface area (TPSA) is 95.6 Å². The summed E-state index contributed by atoms with van der Waals surface area (Å²) >= 11 is 0. The van der Waals surface area contributed by atoms with Crippen LogP contribution in [0.1, 0.15) is 61.6 Å². The van der Waals surface area contributed by atoms with E-state index in [1.54, 1.807) is 38.1 Å². The molecule has 4 aromatic heterocycles. The minimum Gasteiger partial charge on any atom is -0.343 e. The van der Waals surface area contributed by atoms with Crippen LogP contribution in [0.15, 0.2) is 206 Å². The van der Waals surface area contributed by atoms with Gasteiger partial charge in [-0.2, -0.15) is 26.3 Å². The maximum atomic E-state index is 15.2. The zero-order valence-electron chi connectivity index (χ0n) is 41.6. The van der Waals surface area contributed by atoms with Crippen LogP contribution in [0.2, 0.25) is 0 Å². The number of aromatic nitrogens is 6. The molecule has 4 heterocycles. The molecule has 0 spiro atoms. The molecular formula is C60H46F6N6O2P2Pt. The second-order valence-electron chi connectivity index (χ2n) is 19.2. The van der Waals surface area contributed by atoms with Crippen molar-refractivity contribution in [2.45, 2.75) is 50.9 Å². The Morgan fingerprint density at radius 3 is 1.05 bits per heavy atom. The van der Waals surface area contributed by atoms with E-state index in [4.69, 9.17) is 0 Å². The second-order valence-corrected chi connectivity index (χ2v) is 24.7. The minimum atomic E-state index is -4.61. The van der Waals surface area contributed by atoms with Gasteiger partial charge in [0, 0.05) is 54.0 Å². The van der Waals surface area contributed by atoms with Crippen molar-refractivity contribution in [1.29, 1.82) is 0 Å². The molecule has 0 N–H and O–H groups in total. The summed E-state index contributed by atoms with van der Waals surface area (Å²) in [6.45, 7) is 7.98. The van der Waals surface area contributed by atoms with Crippen LogP contribution in [-0.4, -0.2) is 29.5 Å². The van der Waals surface area contributed by atoms with Crippen molar-refractivity contribution in [2.24, 2.45) is 0 Å². The average molecular weight is 1250 g/mol. The van der Waals surface area contributed by atoms with E-state index < -0.39 is 43.4 Å². The number of fused-ring (bicyclic) bond motifs is 3. The SMILES string of the molecule is CC(C)(c1cccc(-n2[c-]cc(C(F)(F)F)n2)n1)c1cccc(-n2[c-]cc(C(F)(F)F)n2)n1.CC1(C)c2cc(P(=O)(c3ccccc3)c3ccccc3)ccc2-c2ccc(P(=O)(c3ccccc3)c3ccccc3)cc21.[Pt+2]. The third-order valence-corrected chi connectivity index (χ3v) is 19.8. The van der Waals surface area contributed by atoms with Crippen LogP contribution in [0.5, 0.6) is 0 Å². The van der Waals surface area contributed by atoms with Crippen LogP contribution in [0.3, 0.4) is 0 Å². The summed E-state index contributed by atoms with van der Waals surface area (Å²) in [6.07, 6.45) is -4.44.